The van der Waals surface area contributed by atoms with Crippen molar-refractivity contribution in [3.8, 4) is 0 Å². The summed E-state index contributed by atoms with van der Waals surface area (Å²) >= 11 is 0. The van der Waals surface area contributed by atoms with Crippen LogP contribution in [0.25, 0.3) is 0 Å². The second-order valence-corrected chi connectivity index (χ2v) is 8.85. The average Bonchev–Trinajstić information content (AvgIpc) is 2.79. The predicted octanol–water partition coefficient (Wildman–Crippen LogP) is 9.24. The molecule has 0 aromatic heterocycles. The third kappa shape index (κ3) is 6.47. The normalized spacial score (nSPS) is 11.0. The Bertz CT molecular complexity index is 868. The van der Waals surface area contributed by atoms with E-state index in [1.54, 1.807) is 0 Å². The Morgan fingerprint density at radius 2 is 0.968 bits per heavy atom. The first-order chi connectivity index (χ1) is 15.1. The SMILES string of the molecule is CCCCCc1ccc(N(c2ccc(CCCCC)cc2)c2ccc(C)c(C)c2)cc1. The van der Waals surface area contributed by atoms with Crippen molar-refractivity contribution in [3.05, 3.63) is 89.0 Å². The molecule has 3 aromatic carbocycles. The van der Waals surface area contributed by atoms with Crippen molar-refractivity contribution < 1.29 is 0 Å². The third-order valence-electron chi connectivity index (χ3n) is 6.28. The monoisotopic (exact) mass is 413 g/mol. The van der Waals surface area contributed by atoms with Gasteiger partial charge in [0.05, 0.1) is 0 Å². The molecule has 0 aliphatic carbocycles. The van der Waals surface area contributed by atoms with E-state index in [1.807, 2.05) is 0 Å². The molecule has 1 heteroatoms. The predicted molar refractivity (Wildman–Crippen MR) is 137 cm³/mol. The highest BCUT2D eigenvalue weighted by Gasteiger charge is 2.13. The van der Waals surface area contributed by atoms with Crippen LogP contribution < -0.4 is 4.90 Å². The minimum absolute atomic E-state index is 1.17. The van der Waals surface area contributed by atoms with Gasteiger partial charge in [-0.3, -0.25) is 0 Å². The van der Waals surface area contributed by atoms with Gasteiger partial charge in [-0.1, -0.05) is 69.9 Å². The summed E-state index contributed by atoms with van der Waals surface area (Å²) in [5, 5.41) is 0. The van der Waals surface area contributed by atoms with Crippen LogP contribution in [0.5, 0.6) is 0 Å². The number of hydrogen-bond acceptors (Lipinski definition) is 1. The molecule has 1 nitrogen and oxygen atoms in total. The Labute approximate surface area is 190 Å². The van der Waals surface area contributed by atoms with Crippen LogP contribution in [0.4, 0.5) is 17.1 Å². The quantitative estimate of drug-likeness (QED) is 0.283. The Morgan fingerprint density at radius 3 is 1.39 bits per heavy atom. The Balaban J connectivity index is 1.89. The van der Waals surface area contributed by atoms with Crippen molar-refractivity contribution in [1.82, 2.24) is 0 Å². The molecule has 0 saturated carbocycles. The van der Waals surface area contributed by atoms with Gasteiger partial charge in [0.1, 0.15) is 0 Å². The summed E-state index contributed by atoms with van der Waals surface area (Å²) < 4.78 is 0. The molecule has 0 amide bonds. The van der Waals surface area contributed by atoms with E-state index >= 15 is 0 Å². The number of benzene rings is 3. The fraction of sp³-hybridized carbons (Fsp3) is 0.400. The van der Waals surface area contributed by atoms with E-state index in [1.165, 1.54) is 90.7 Å². The maximum atomic E-state index is 2.39. The minimum atomic E-state index is 1.17. The summed E-state index contributed by atoms with van der Waals surface area (Å²) in [4.78, 5) is 2.39. The molecule has 0 N–H and O–H groups in total. The van der Waals surface area contributed by atoms with E-state index in [0.717, 1.165) is 0 Å². The average molecular weight is 414 g/mol. The Morgan fingerprint density at radius 1 is 0.516 bits per heavy atom. The summed E-state index contributed by atoms with van der Waals surface area (Å²) in [7, 11) is 0. The summed E-state index contributed by atoms with van der Waals surface area (Å²) in [5.41, 5.74) is 9.20. The van der Waals surface area contributed by atoms with E-state index in [4.69, 9.17) is 0 Å². The molecular formula is C30H39N. The van der Waals surface area contributed by atoms with Crippen LogP contribution in [0.1, 0.15) is 74.6 Å². The van der Waals surface area contributed by atoms with Crippen molar-refractivity contribution >= 4 is 17.1 Å². The molecule has 3 aromatic rings. The molecule has 164 valence electrons. The number of aryl methyl sites for hydroxylation is 4. The molecule has 0 bridgehead atoms. The van der Waals surface area contributed by atoms with Crippen LogP contribution in [0.3, 0.4) is 0 Å². The second kappa shape index (κ2) is 11.7. The van der Waals surface area contributed by atoms with Gasteiger partial charge in [-0.25, -0.2) is 0 Å². The van der Waals surface area contributed by atoms with E-state index < -0.39 is 0 Å². The van der Waals surface area contributed by atoms with Gasteiger partial charge in [0.25, 0.3) is 0 Å². The number of nitrogens with zero attached hydrogens (tertiary/aromatic N) is 1. The first kappa shape index (κ1) is 23.1. The first-order valence-electron chi connectivity index (χ1n) is 12.2. The lowest BCUT2D eigenvalue weighted by Crippen LogP contribution is -2.10. The van der Waals surface area contributed by atoms with Crippen LogP contribution in [-0.2, 0) is 12.8 Å². The smallest absolute Gasteiger partial charge is 0.0464 e. The summed E-state index contributed by atoms with van der Waals surface area (Å²) in [6, 6.07) is 25.1. The van der Waals surface area contributed by atoms with E-state index in [0.29, 0.717) is 0 Å². The lowest BCUT2D eigenvalue weighted by atomic mass is 10.0. The topological polar surface area (TPSA) is 3.24 Å². The summed E-state index contributed by atoms with van der Waals surface area (Å²) in [6.45, 7) is 8.91. The molecule has 31 heavy (non-hydrogen) atoms. The largest absolute Gasteiger partial charge is 0.310 e. The highest BCUT2D eigenvalue weighted by molar-refractivity contribution is 5.77. The molecule has 0 atom stereocenters. The van der Waals surface area contributed by atoms with E-state index in [2.05, 4.69) is 99.3 Å². The van der Waals surface area contributed by atoms with Gasteiger partial charge in [0.15, 0.2) is 0 Å². The van der Waals surface area contributed by atoms with Gasteiger partial charge < -0.3 is 4.90 Å². The second-order valence-electron chi connectivity index (χ2n) is 8.85. The van der Waals surface area contributed by atoms with Crippen LogP contribution in [-0.4, -0.2) is 0 Å². The zero-order valence-electron chi connectivity index (χ0n) is 20.0. The number of hydrogen-bond donors (Lipinski definition) is 0. The van der Waals surface area contributed by atoms with Gasteiger partial charge in [-0.05, 0) is 98.2 Å². The summed E-state index contributed by atoms with van der Waals surface area (Å²) in [6.07, 6.45) is 10.0. The van der Waals surface area contributed by atoms with Crippen LogP contribution in [0.2, 0.25) is 0 Å². The van der Waals surface area contributed by atoms with Gasteiger partial charge in [-0.15, -0.1) is 0 Å². The maximum Gasteiger partial charge on any atom is 0.0464 e. The fourth-order valence-electron chi connectivity index (χ4n) is 4.09. The molecule has 0 spiro atoms. The maximum absolute atomic E-state index is 2.39. The van der Waals surface area contributed by atoms with Crippen molar-refractivity contribution in [3.63, 3.8) is 0 Å². The van der Waals surface area contributed by atoms with Crippen molar-refractivity contribution in [2.24, 2.45) is 0 Å². The van der Waals surface area contributed by atoms with Gasteiger partial charge in [0.2, 0.25) is 0 Å². The molecule has 0 aliphatic rings. The van der Waals surface area contributed by atoms with E-state index in [9.17, 15) is 0 Å². The van der Waals surface area contributed by atoms with E-state index in [-0.39, 0.29) is 0 Å². The first-order valence-corrected chi connectivity index (χ1v) is 12.2. The van der Waals surface area contributed by atoms with Crippen LogP contribution >= 0.6 is 0 Å². The molecule has 0 radical (unpaired) electrons. The zero-order chi connectivity index (χ0) is 22.1. The van der Waals surface area contributed by atoms with Crippen molar-refractivity contribution in [2.75, 3.05) is 4.90 Å². The standard InChI is InChI=1S/C30H39N/c1-5-7-9-11-26-14-19-28(20-15-26)31(30-18-13-24(3)25(4)23-30)29-21-16-27(17-22-29)12-10-8-6-2/h13-23H,5-12H2,1-4H3. The Kier molecular flexibility index (Phi) is 8.76. The van der Waals surface area contributed by atoms with Gasteiger partial charge >= 0.3 is 0 Å². The minimum Gasteiger partial charge on any atom is -0.310 e. The lowest BCUT2D eigenvalue weighted by molar-refractivity contribution is 0.717. The molecule has 0 saturated heterocycles. The van der Waals surface area contributed by atoms with Gasteiger partial charge in [0, 0.05) is 17.1 Å². The third-order valence-corrected chi connectivity index (χ3v) is 6.28. The van der Waals surface area contributed by atoms with Crippen LogP contribution in [0, 0.1) is 13.8 Å². The van der Waals surface area contributed by atoms with Gasteiger partial charge in [-0.2, -0.15) is 0 Å². The molecule has 0 fully saturated rings. The Hall–Kier alpha value is -2.54. The van der Waals surface area contributed by atoms with Crippen LogP contribution in [0.15, 0.2) is 66.7 Å². The highest BCUT2D eigenvalue weighted by atomic mass is 15.1. The number of unbranched alkanes of at least 4 members (excludes halogenated alkanes) is 4. The summed E-state index contributed by atoms with van der Waals surface area (Å²) in [5.74, 6) is 0. The number of rotatable bonds is 11. The molecule has 0 aliphatic heterocycles. The molecule has 3 rings (SSSR count). The molecule has 0 unspecified atom stereocenters. The number of anilines is 3. The lowest BCUT2D eigenvalue weighted by Gasteiger charge is -2.26. The van der Waals surface area contributed by atoms with Crippen molar-refractivity contribution in [1.29, 1.82) is 0 Å². The van der Waals surface area contributed by atoms with Crippen molar-refractivity contribution in [2.45, 2.75) is 79.1 Å². The highest BCUT2D eigenvalue weighted by Crippen LogP contribution is 2.35. The zero-order valence-corrected chi connectivity index (χ0v) is 20.0. The fourth-order valence-corrected chi connectivity index (χ4v) is 4.09. The molecule has 0 heterocycles. The molecular weight excluding hydrogens is 374 g/mol.